The molecule has 0 unspecified atom stereocenters. The van der Waals surface area contributed by atoms with E-state index in [0.717, 1.165) is 17.2 Å². The Kier molecular flexibility index (Phi) is 5.08. The number of benzene rings is 1. The van der Waals surface area contributed by atoms with Crippen LogP contribution in [-0.4, -0.2) is 26.5 Å². The van der Waals surface area contributed by atoms with Crippen molar-refractivity contribution in [1.29, 1.82) is 0 Å². The molecule has 0 aliphatic carbocycles. The van der Waals surface area contributed by atoms with Crippen molar-refractivity contribution in [3.63, 3.8) is 0 Å². The van der Waals surface area contributed by atoms with Gasteiger partial charge in [-0.3, -0.25) is 9.20 Å². The zero-order valence-corrected chi connectivity index (χ0v) is 14.0. The zero-order valence-electron chi connectivity index (χ0n) is 13.2. The third kappa shape index (κ3) is 4.10. The number of aromatic nitrogens is 3. The molecule has 1 aromatic carbocycles. The highest BCUT2D eigenvalue weighted by Crippen LogP contribution is 2.13. The smallest absolute Gasteiger partial charge is 0.225 e. The molecule has 3 aromatic rings. The lowest BCUT2D eigenvalue weighted by atomic mass is 10.2. The van der Waals surface area contributed by atoms with E-state index in [-0.39, 0.29) is 11.9 Å². The van der Waals surface area contributed by atoms with E-state index in [1.807, 2.05) is 35.7 Å². The van der Waals surface area contributed by atoms with E-state index >= 15 is 0 Å². The Balaban J connectivity index is 1.51. The Bertz CT molecular complexity index is 830. The lowest BCUT2D eigenvalue weighted by molar-refractivity contribution is -0.116. The molecule has 0 saturated heterocycles. The van der Waals surface area contributed by atoms with Crippen LogP contribution in [0.15, 0.2) is 48.7 Å². The van der Waals surface area contributed by atoms with Crippen LogP contribution in [0.4, 0.5) is 5.69 Å². The number of carbonyl (C=O) groups excluding carboxylic acids is 1. The Hall–Kier alpha value is -2.44. The van der Waals surface area contributed by atoms with Crippen LogP contribution in [0, 0.1) is 0 Å². The molecule has 2 heterocycles. The molecule has 7 heteroatoms. The molecular weight excluding hydrogens is 326 g/mol. The Morgan fingerprint density at radius 1 is 1.21 bits per heavy atom. The van der Waals surface area contributed by atoms with Gasteiger partial charge in [0.1, 0.15) is 0 Å². The minimum Gasteiger partial charge on any atom is -0.326 e. The van der Waals surface area contributed by atoms with Crippen LogP contribution in [0.1, 0.15) is 19.2 Å². The van der Waals surface area contributed by atoms with E-state index < -0.39 is 0 Å². The van der Waals surface area contributed by atoms with Gasteiger partial charge in [0.25, 0.3) is 0 Å². The molecule has 3 rings (SSSR count). The summed E-state index contributed by atoms with van der Waals surface area (Å²) in [6.45, 7) is 2.51. The summed E-state index contributed by atoms with van der Waals surface area (Å²) in [5, 5.41) is 15.1. The van der Waals surface area contributed by atoms with E-state index in [4.69, 9.17) is 11.6 Å². The molecule has 0 radical (unpaired) electrons. The van der Waals surface area contributed by atoms with E-state index in [1.165, 1.54) is 0 Å². The van der Waals surface area contributed by atoms with Gasteiger partial charge >= 0.3 is 0 Å². The van der Waals surface area contributed by atoms with Gasteiger partial charge in [-0.25, -0.2) is 0 Å². The summed E-state index contributed by atoms with van der Waals surface area (Å²) in [6, 6.07) is 12.8. The van der Waals surface area contributed by atoms with Crippen molar-refractivity contribution in [2.75, 3.05) is 5.32 Å². The highest BCUT2D eigenvalue weighted by Gasteiger charge is 2.11. The number of amides is 1. The molecule has 0 bridgehead atoms. The molecule has 0 saturated carbocycles. The second-order valence-corrected chi connectivity index (χ2v) is 6.02. The van der Waals surface area contributed by atoms with Gasteiger partial charge in [0.05, 0.1) is 6.54 Å². The first-order valence-electron chi connectivity index (χ1n) is 7.69. The van der Waals surface area contributed by atoms with Gasteiger partial charge in [-0.05, 0) is 43.3 Å². The lowest BCUT2D eigenvalue weighted by Gasteiger charge is -2.13. The van der Waals surface area contributed by atoms with Crippen LogP contribution in [0.5, 0.6) is 0 Å². The van der Waals surface area contributed by atoms with Crippen molar-refractivity contribution in [3.8, 4) is 0 Å². The Labute approximate surface area is 144 Å². The Morgan fingerprint density at radius 3 is 2.79 bits per heavy atom. The maximum atomic E-state index is 12.1. The van der Waals surface area contributed by atoms with Crippen molar-refractivity contribution in [2.24, 2.45) is 0 Å². The monoisotopic (exact) mass is 343 g/mol. The third-order valence-electron chi connectivity index (χ3n) is 3.61. The van der Waals surface area contributed by atoms with Gasteiger partial charge < -0.3 is 10.6 Å². The van der Waals surface area contributed by atoms with Crippen LogP contribution in [0.2, 0.25) is 5.02 Å². The first-order valence-corrected chi connectivity index (χ1v) is 8.07. The summed E-state index contributed by atoms with van der Waals surface area (Å²) < 4.78 is 1.92. The topological polar surface area (TPSA) is 71.3 Å². The summed E-state index contributed by atoms with van der Waals surface area (Å²) in [5.74, 6) is 0.763. The van der Waals surface area contributed by atoms with Gasteiger partial charge in [-0.2, -0.15) is 0 Å². The number of fused-ring (bicyclic) bond motifs is 1. The fourth-order valence-electron chi connectivity index (χ4n) is 2.37. The van der Waals surface area contributed by atoms with Gasteiger partial charge in [0, 0.05) is 29.4 Å². The average molecular weight is 344 g/mol. The summed E-state index contributed by atoms with van der Waals surface area (Å²) in [5.41, 5.74) is 1.54. The number of anilines is 1. The Morgan fingerprint density at radius 2 is 2.00 bits per heavy atom. The van der Waals surface area contributed by atoms with Crippen LogP contribution in [0.25, 0.3) is 5.65 Å². The predicted octanol–water partition coefficient (Wildman–Crippen LogP) is 2.89. The molecule has 2 aromatic heterocycles. The molecule has 0 aliphatic rings. The second kappa shape index (κ2) is 7.42. The number of halogens is 1. The van der Waals surface area contributed by atoms with Crippen LogP contribution >= 0.6 is 11.6 Å². The van der Waals surface area contributed by atoms with Crippen LogP contribution < -0.4 is 10.6 Å². The number of pyridine rings is 1. The second-order valence-electron chi connectivity index (χ2n) is 5.59. The van der Waals surface area contributed by atoms with E-state index in [2.05, 4.69) is 20.8 Å². The molecule has 1 amide bonds. The number of nitrogens with zero attached hydrogens (tertiary/aromatic N) is 3. The number of carbonyl (C=O) groups is 1. The fourth-order valence-corrected chi connectivity index (χ4v) is 2.50. The number of nitrogens with one attached hydrogen (secondary N) is 2. The summed E-state index contributed by atoms with van der Waals surface area (Å²) in [4.78, 5) is 12.1. The van der Waals surface area contributed by atoms with Gasteiger partial charge in [0.15, 0.2) is 11.5 Å². The molecule has 2 N–H and O–H groups in total. The normalized spacial score (nSPS) is 12.2. The van der Waals surface area contributed by atoms with Crippen molar-refractivity contribution >= 4 is 28.8 Å². The number of hydrogen-bond acceptors (Lipinski definition) is 4. The lowest BCUT2D eigenvalue weighted by Crippen LogP contribution is -2.30. The molecule has 6 nitrogen and oxygen atoms in total. The SMILES string of the molecule is C[C@H](CC(=O)Nc1ccc(Cl)cc1)NCc1nnc2ccccn12. The minimum absolute atomic E-state index is 0.00774. The molecule has 0 aliphatic heterocycles. The maximum absolute atomic E-state index is 12.1. The average Bonchev–Trinajstić information content (AvgIpc) is 2.98. The quantitative estimate of drug-likeness (QED) is 0.722. The van der Waals surface area contributed by atoms with E-state index in [0.29, 0.717) is 18.0 Å². The molecule has 124 valence electrons. The fraction of sp³-hybridized carbons (Fsp3) is 0.235. The third-order valence-corrected chi connectivity index (χ3v) is 3.86. The molecular formula is C17H18ClN5O. The zero-order chi connectivity index (χ0) is 16.9. The first-order chi connectivity index (χ1) is 11.6. The van der Waals surface area contributed by atoms with Crippen molar-refractivity contribution < 1.29 is 4.79 Å². The molecule has 0 spiro atoms. The van der Waals surface area contributed by atoms with Crippen LogP contribution in [0.3, 0.4) is 0 Å². The molecule has 24 heavy (non-hydrogen) atoms. The summed E-state index contributed by atoms with van der Waals surface area (Å²) in [6.07, 6.45) is 2.28. The largest absolute Gasteiger partial charge is 0.326 e. The van der Waals surface area contributed by atoms with Gasteiger partial charge in [-0.1, -0.05) is 17.7 Å². The first kappa shape index (κ1) is 16.4. The number of rotatable bonds is 6. The van der Waals surface area contributed by atoms with Crippen LogP contribution in [-0.2, 0) is 11.3 Å². The van der Waals surface area contributed by atoms with Crippen molar-refractivity contribution in [2.45, 2.75) is 25.9 Å². The maximum Gasteiger partial charge on any atom is 0.225 e. The van der Waals surface area contributed by atoms with Crippen molar-refractivity contribution in [1.82, 2.24) is 19.9 Å². The van der Waals surface area contributed by atoms with Gasteiger partial charge in [-0.15, -0.1) is 10.2 Å². The summed E-state index contributed by atoms with van der Waals surface area (Å²) >= 11 is 5.83. The highest BCUT2D eigenvalue weighted by atomic mass is 35.5. The van der Waals surface area contributed by atoms with Crippen molar-refractivity contribution in [3.05, 3.63) is 59.5 Å². The number of hydrogen-bond donors (Lipinski definition) is 2. The minimum atomic E-state index is -0.0524. The predicted molar refractivity (Wildman–Crippen MR) is 94.0 cm³/mol. The van der Waals surface area contributed by atoms with E-state index in [9.17, 15) is 4.79 Å². The molecule has 1 atom stereocenters. The summed E-state index contributed by atoms with van der Waals surface area (Å²) in [7, 11) is 0. The highest BCUT2D eigenvalue weighted by molar-refractivity contribution is 6.30. The standard InChI is InChI=1S/C17H18ClN5O/c1-12(10-17(24)20-14-7-5-13(18)6-8-14)19-11-16-22-21-15-4-2-3-9-23(15)16/h2-9,12,19H,10-11H2,1H3,(H,20,24)/t12-/m1/s1. The van der Waals surface area contributed by atoms with E-state index in [1.54, 1.807) is 24.3 Å². The molecule has 0 fully saturated rings. The van der Waals surface area contributed by atoms with Gasteiger partial charge in [0.2, 0.25) is 5.91 Å².